The fraction of sp³-hybridized carbons (Fsp3) is 0. The molecule has 0 aliphatic rings. The second kappa shape index (κ2) is 5.64. The van der Waals surface area contributed by atoms with Crippen LogP contribution in [0.5, 0.6) is 0 Å². The van der Waals surface area contributed by atoms with Gasteiger partial charge < -0.3 is 0 Å². The Labute approximate surface area is 131 Å². The fourth-order valence-electron chi connectivity index (χ4n) is 1.53. The summed E-state index contributed by atoms with van der Waals surface area (Å²) in [5, 5.41) is 9.03. The maximum atomic E-state index is 13.9. The van der Waals surface area contributed by atoms with Crippen LogP contribution in [-0.4, -0.2) is 4.98 Å². The molecule has 96 valence electrons. The molecule has 19 heavy (non-hydrogen) atoms. The zero-order valence-corrected chi connectivity index (χ0v) is 12.9. The van der Waals surface area contributed by atoms with E-state index in [1.165, 1.54) is 18.2 Å². The highest BCUT2D eigenvalue weighted by molar-refractivity contribution is 9.10. The van der Waals surface area contributed by atoms with Crippen LogP contribution in [0.4, 0.5) is 4.39 Å². The summed E-state index contributed by atoms with van der Waals surface area (Å²) in [7, 11) is 0. The molecule has 0 saturated carbocycles. The van der Waals surface area contributed by atoms with Gasteiger partial charge in [-0.15, -0.1) is 0 Å². The van der Waals surface area contributed by atoms with Crippen LogP contribution < -0.4 is 0 Å². The summed E-state index contributed by atoms with van der Waals surface area (Å²) >= 11 is 21.2. The highest BCUT2D eigenvalue weighted by Gasteiger charge is 2.21. The molecular formula is C12H3BrCl3FN2. The first-order valence-electron chi connectivity index (χ1n) is 4.86. The van der Waals surface area contributed by atoms with Gasteiger partial charge in [0.2, 0.25) is 0 Å². The fourth-order valence-corrected chi connectivity index (χ4v) is 2.76. The second-order valence-corrected chi connectivity index (χ2v) is 5.40. The first-order chi connectivity index (χ1) is 8.97. The summed E-state index contributed by atoms with van der Waals surface area (Å²) in [6.45, 7) is 0. The number of benzene rings is 1. The Balaban J connectivity index is 2.85. The van der Waals surface area contributed by atoms with Crippen LogP contribution in [0.15, 0.2) is 22.7 Å². The standard InChI is InChI=1S/C12H3BrCl3FN2/c13-10-7(4-18)19-12(16)9(11(10)15)8-5(14)2-1-3-6(8)17/h1-3H. The van der Waals surface area contributed by atoms with Crippen LogP contribution in [-0.2, 0) is 0 Å². The largest absolute Gasteiger partial charge is 0.223 e. The normalized spacial score (nSPS) is 10.3. The highest BCUT2D eigenvalue weighted by Crippen LogP contribution is 2.43. The van der Waals surface area contributed by atoms with E-state index in [1.54, 1.807) is 0 Å². The molecule has 0 spiro atoms. The number of halogens is 5. The van der Waals surface area contributed by atoms with Gasteiger partial charge in [-0.3, -0.25) is 0 Å². The van der Waals surface area contributed by atoms with Crippen molar-refractivity contribution in [2.75, 3.05) is 0 Å². The van der Waals surface area contributed by atoms with E-state index in [-0.39, 0.29) is 36.5 Å². The molecule has 0 N–H and O–H groups in total. The summed E-state index contributed by atoms with van der Waals surface area (Å²) < 4.78 is 14.1. The molecule has 2 aromatic rings. The number of pyridine rings is 1. The van der Waals surface area contributed by atoms with E-state index < -0.39 is 5.82 Å². The van der Waals surface area contributed by atoms with Gasteiger partial charge in [0.05, 0.1) is 14.5 Å². The van der Waals surface area contributed by atoms with E-state index in [0.29, 0.717) is 0 Å². The molecule has 0 atom stereocenters. The minimum absolute atomic E-state index is 0.0196. The van der Waals surface area contributed by atoms with Gasteiger partial charge in [0.1, 0.15) is 17.0 Å². The smallest absolute Gasteiger partial charge is 0.157 e. The van der Waals surface area contributed by atoms with Gasteiger partial charge in [0.15, 0.2) is 5.69 Å². The van der Waals surface area contributed by atoms with Gasteiger partial charge in [-0.1, -0.05) is 40.9 Å². The van der Waals surface area contributed by atoms with Crippen LogP contribution in [0, 0.1) is 17.1 Å². The molecule has 0 radical (unpaired) electrons. The predicted molar refractivity (Wildman–Crippen MR) is 77.1 cm³/mol. The summed E-state index contributed by atoms with van der Waals surface area (Å²) in [6.07, 6.45) is 0. The molecule has 0 saturated heterocycles. The van der Waals surface area contributed by atoms with Crippen molar-refractivity contribution in [1.82, 2.24) is 4.98 Å². The van der Waals surface area contributed by atoms with Crippen LogP contribution >= 0.6 is 50.7 Å². The number of rotatable bonds is 1. The Bertz CT molecular complexity index is 693. The quantitative estimate of drug-likeness (QED) is 0.614. The number of hydrogen-bond donors (Lipinski definition) is 0. The molecule has 0 unspecified atom stereocenters. The van der Waals surface area contributed by atoms with Crippen LogP contribution in [0.1, 0.15) is 5.69 Å². The Hall–Kier alpha value is -0.860. The summed E-state index contributed by atoms with van der Waals surface area (Å²) in [4.78, 5) is 3.86. The first kappa shape index (κ1) is 14.5. The van der Waals surface area contributed by atoms with Gasteiger partial charge in [0.25, 0.3) is 0 Å². The molecule has 0 fully saturated rings. The topological polar surface area (TPSA) is 36.7 Å². The maximum Gasteiger partial charge on any atom is 0.157 e. The Kier molecular flexibility index (Phi) is 4.32. The van der Waals surface area contributed by atoms with Crippen LogP contribution in [0.2, 0.25) is 15.2 Å². The lowest BCUT2D eigenvalue weighted by atomic mass is 10.1. The zero-order valence-electron chi connectivity index (χ0n) is 9.02. The molecule has 0 aliphatic heterocycles. The van der Waals surface area contributed by atoms with Gasteiger partial charge in [-0.05, 0) is 28.1 Å². The lowest BCUT2D eigenvalue weighted by Crippen LogP contribution is -1.95. The third-order valence-corrected chi connectivity index (χ3v) is 4.32. The van der Waals surface area contributed by atoms with Crippen molar-refractivity contribution in [1.29, 1.82) is 5.26 Å². The molecule has 7 heteroatoms. The molecule has 2 rings (SSSR count). The minimum Gasteiger partial charge on any atom is -0.223 e. The van der Waals surface area contributed by atoms with Gasteiger partial charge in [0, 0.05) is 11.1 Å². The van der Waals surface area contributed by atoms with Crippen molar-refractivity contribution in [2.45, 2.75) is 0 Å². The van der Waals surface area contributed by atoms with Gasteiger partial charge >= 0.3 is 0 Å². The monoisotopic (exact) mass is 378 g/mol. The van der Waals surface area contributed by atoms with Crippen molar-refractivity contribution in [3.63, 3.8) is 0 Å². The highest BCUT2D eigenvalue weighted by atomic mass is 79.9. The lowest BCUT2D eigenvalue weighted by Gasteiger charge is -2.11. The average Bonchev–Trinajstić information content (AvgIpc) is 2.37. The van der Waals surface area contributed by atoms with Crippen molar-refractivity contribution < 1.29 is 4.39 Å². The SMILES string of the molecule is N#Cc1nc(Cl)c(-c2c(F)cccc2Cl)c(Cl)c1Br. The van der Waals surface area contributed by atoms with Crippen molar-refractivity contribution in [2.24, 2.45) is 0 Å². The molecule has 1 aromatic heterocycles. The number of aromatic nitrogens is 1. The summed E-state index contributed by atoms with van der Waals surface area (Å²) in [5.41, 5.74) is 0.223. The number of nitrogens with zero attached hydrogens (tertiary/aromatic N) is 2. The third kappa shape index (κ3) is 2.56. The molecule has 0 bridgehead atoms. The van der Waals surface area contributed by atoms with Crippen LogP contribution in [0.3, 0.4) is 0 Å². The predicted octanol–water partition coefficient (Wildman–Crippen LogP) is 5.48. The number of nitriles is 1. The molecular weight excluding hydrogens is 377 g/mol. The van der Waals surface area contributed by atoms with Crippen molar-refractivity contribution >= 4 is 50.7 Å². The Morgan fingerprint density at radius 3 is 2.47 bits per heavy atom. The van der Waals surface area contributed by atoms with E-state index in [4.69, 9.17) is 40.1 Å². The van der Waals surface area contributed by atoms with E-state index in [1.807, 2.05) is 6.07 Å². The van der Waals surface area contributed by atoms with Crippen molar-refractivity contribution in [3.8, 4) is 17.2 Å². The van der Waals surface area contributed by atoms with Gasteiger partial charge in [-0.2, -0.15) is 5.26 Å². The molecule has 0 aliphatic carbocycles. The summed E-state index contributed by atoms with van der Waals surface area (Å²) in [5.74, 6) is -0.574. The van der Waals surface area contributed by atoms with E-state index in [9.17, 15) is 4.39 Å². The molecule has 1 heterocycles. The van der Waals surface area contributed by atoms with Gasteiger partial charge in [-0.25, -0.2) is 9.37 Å². The second-order valence-electron chi connectivity index (χ2n) is 3.46. The molecule has 1 aromatic carbocycles. The first-order valence-corrected chi connectivity index (χ1v) is 6.79. The van der Waals surface area contributed by atoms with E-state index >= 15 is 0 Å². The van der Waals surface area contributed by atoms with E-state index in [2.05, 4.69) is 20.9 Å². The molecule has 0 amide bonds. The third-order valence-electron chi connectivity index (χ3n) is 2.36. The average molecular weight is 380 g/mol. The van der Waals surface area contributed by atoms with Crippen molar-refractivity contribution in [3.05, 3.63) is 49.4 Å². The van der Waals surface area contributed by atoms with E-state index in [0.717, 1.165) is 0 Å². The molecule has 2 nitrogen and oxygen atoms in total. The Morgan fingerprint density at radius 2 is 1.89 bits per heavy atom. The van der Waals surface area contributed by atoms with Crippen LogP contribution in [0.25, 0.3) is 11.1 Å². The Morgan fingerprint density at radius 1 is 1.21 bits per heavy atom. The number of hydrogen-bond acceptors (Lipinski definition) is 2. The lowest BCUT2D eigenvalue weighted by molar-refractivity contribution is 0.631. The minimum atomic E-state index is -0.574. The summed E-state index contributed by atoms with van der Waals surface area (Å²) in [6, 6.07) is 6.05. The zero-order chi connectivity index (χ0) is 14.2. The maximum absolute atomic E-state index is 13.9.